The predicted molar refractivity (Wildman–Crippen MR) is 85.9 cm³/mol. The monoisotopic (exact) mass is 324 g/mol. The van der Waals surface area contributed by atoms with Crippen LogP contribution in [0.5, 0.6) is 5.75 Å². The molecule has 1 aromatic carbocycles. The zero-order chi connectivity index (χ0) is 16.2. The standard InChI is InChI=1S/C15H20N2O4S/c1-21-12-3-4-14-13(9-12)11(10-17-14)5-7-16-15(18)6-8-22(2,19)20/h3-4,9-10,17H,5-8H2,1-2H3,(H,16,18). The number of hydrogen-bond donors (Lipinski definition) is 2. The van der Waals surface area contributed by atoms with Crippen molar-refractivity contribution in [3.8, 4) is 5.75 Å². The second-order valence-electron chi connectivity index (χ2n) is 5.21. The first kappa shape index (κ1) is 16.4. The van der Waals surface area contributed by atoms with Gasteiger partial charge in [-0.1, -0.05) is 0 Å². The normalized spacial score (nSPS) is 11.5. The van der Waals surface area contributed by atoms with Gasteiger partial charge in [0.15, 0.2) is 0 Å². The number of amides is 1. The third-order valence-electron chi connectivity index (χ3n) is 3.39. The number of H-pyrrole nitrogens is 1. The maximum atomic E-state index is 11.6. The van der Waals surface area contributed by atoms with E-state index in [1.54, 1.807) is 7.11 Å². The second kappa shape index (κ2) is 6.83. The molecule has 0 fully saturated rings. The van der Waals surface area contributed by atoms with E-state index < -0.39 is 9.84 Å². The van der Waals surface area contributed by atoms with Crippen molar-refractivity contribution in [2.75, 3.05) is 25.7 Å². The van der Waals surface area contributed by atoms with Gasteiger partial charge < -0.3 is 15.0 Å². The molecule has 6 nitrogen and oxygen atoms in total. The third-order valence-corrected chi connectivity index (χ3v) is 4.34. The van der Waals surface area contributed by atoms with Crippen LogP contribution in [0.2, 0.25) is 0 Å². The molecular weight excluding hydrogens is 304 g/mol. The quantitative estimate of drug-likeness (QED) is 0.803. The Balaban J connectivity index is 1.90. The molecule has 0 atom stereocenters. The molecule has 22 heavy (non-hydrogen) atoms. The number of ether oxygens (including phenoxy) is 1. The van der Waals surface area contributed by atoms with E-state index in [0.717, 1.165) is 28.5 Å². The van der Waals surface area contributed by atoms with Gasteiger partial charge in [-0.3, -0.25) is 4.79 Å². The number of aromatic nitrogens is 1. The van der Waals surface area contributed by atoms with Gasteiger partial charge in [-0.2, -0.15) is 0 Å². The lowest BCUT2D eigenvalue weighted by Crippen LogP contribution is -2.27. The van der Waals surface area contributed by atoms with Crippen LogP contribution >= 0.6 is 0 Å². The Hall–Kier alpha value is -2.02. The summed E-state index contributed by atoms with van der Waals surface area (Å²) in [6.45, 7) is 0.465. The van der Waals surface area contributed by atoms with Crippen LogP contribution in [-0.2, 0) is 21.1 Å². The molecular formula is C15H20N2O4S. The van der Waals surface area contributed by atoms with Crippen LogP contribution in [0, 0.1) is 0 Å². The molecule has 2 aromatic rings. The molecule has 2 N–H and O–H groups in total. The van der Waals surface area contributed by atoms with Gasteiger partial charge in [-0.15, -0.1) is 0 Å². The van der Waals surface area contributed by atoms with E-state index in [-0.39, 0.29) is 18.1 Å². The van der Waals surface area contributed by atoms with Gasteiger partial charge in [0, 0.05) is 36.3 Å². The van der Waals surface area contributed by atoms with Crippen molar-refractivity contribution in [3.63, 3.8) is 0 Å². The molecule has 1 amide bonds. The van der Waals surface area contributed by atoms with Gasteiger partial charge in [-0.25, -0.2) is 8.42 Å². The van der Waals surface area contributed by atoms with E-state index in [4.69, 9.17) is 4.74 Å². The minimum absolute atomic E-state index is 0.000537. The van der Waals surface area contributed by atoms with Crippen LogP contribution in [-0.4, -0.2) is 45.0 Å². The smallest absolute Gasteiger partial charge is 0.221 e. The molecule has 0 aliphatic rings. The van der Waals surface area contributed by atoms with Crippen molar-refractivity contribution in [2.24, 2.45) is 0 Å². The van der Waals surface area contributed by atoms with Gasteiger partial charge in [0.25, 0.3) is 0 Å². The molecule has 0 spiro atoms. The van der Waals surface area contributed by atoms with Crippen molar-refractivity contribution in [1.29, 1.82) is 0 Å². The lowest BCUT2D eigenvalue weighted by atomic mass is 10.1. The first-order chi connectivity index (χ1) is 10.4. The SMILES string of the molecule is COc1ccc2[nH]cc(CCNC(=O)CCS(C)(=O)=O)c2c1. The molecule has 0 aliphatic carbocycles. The summed E-state index contributed by atoms with van der Waals surface area (Å²) in [5.41, 5.74) is 2.09. The summed E-state index contributed by atoms with van der Waals surface area (Å²) in [6, 6.07) is 5.78. The molecule has 0 bridgehead atoms. The molecule has 1 aromatic heterocycles. The molecule has 0 aliphatic heterocycles. The number of carbonyl (C=O) groups excluding carboxylic acids is 1. The summed E-state index contributed by atoms with van der Waals surface area (Å²) in [5, 5.41) is 3.80. The lowest BCUT2D eigenvalue weighted by molar-refractivity contribution is -0.120. The predicted octanol–water partition coefficient (Wildman–Crippen LogP) is 1.27. The van der Waals surface area contributed by atoms with Crippen molar-refractivity contribution >= 4 is 26.6 Å². The molecule has 0 saturated carbocycles. The highest BCUT2D eigenvalue weighted by molar-refractivity contribution is 7.90. The lowest BCUT2D eigenvalue weighted by Gasteiger charge is -2.05. The highest BCUT2D eigenvalue weighted by Crippen LogP contribution is 2.23. The number of methoxy groups -OCH3 is 1. The number of carbonyl (C=O) groups is 1. The number of rotatable bonds is 7. The van der Waals surface area contributed by atoms with Crippen LogP contribution in [0.3, 0.4) is 0 Å². The highest BCUT2D eigenvalue weighted by atomic mass is 32.2. The number of hydrogen-bond acceptors (Lipinski definition) is 4. The van der Waals surface area contributed by atoms with Crippen LogP contribution in [0.4, 0.5) is 0 Å². The second-order valence-corrected chi connectivity index (χ2v) is 7.47. The Bertz CT molecular complexity index is 765. The third kappa shape index (κ3) is 4.49. The number of fused-ring (bicyclic) bond motifs is 1. The van der Waals surface area contributed by atoms with E-state index >= 15 is 0 Å². The Labute approximate surface area is 129 Å². The van der Waals surface area contributed by atoms with Crippen LogP contribution in [0.1, 0.15) is 12.0 Å². The Morgan fingerprint density at radius 2 is 2.14 bits per heavy atom. The fourth-order valence-corrected chi connectivity index (χ4v) is 2.75. The fourth-order valence-electron chi connectivity index (χ4n) is 2.19. The summed E-state index contributed by atoms with van der Waals surface area (Å²) in [7, 11) is -1.48. The zero-order valence-electron chi connectivity index (χ0n) is 12.7. The van der Waals surface area contributed by atoms with E-state index in [1.807, 2.05) is 24.4 Å². The first-order valence-electron chi connectivity index (χ1n) is 6.97. The largest absolute Gasteiger partial charge is 0.497 e. The minimum Gasteiger partial charge on any atom is -0.497 e. The molecule has 0 unspecified atom stereocenters. The first-order valence-corrected chi connectivity index (χ1v) is 9.03. The number of aromatic amines is 1. The molecule has 7 heteroatoms. The van der Waals surface area contributed by atoms with E-state index in [1.165, 1.54) is 0 Å². The number of nitrogens with one attached hydrogen (secondary N) is 2. The topological polar surface area (TPSA) is 88.3 Å². The Kier molecular flexibility index (Phi) is 5.07. The van der Waals surface area contributed by atoms with Crippen molar-refractivity contribution < 1.29 is 17.9 Å². The van der Waals surface area contributed by atoms with Crippen LogP contribution in [0.25, 0.3) is 10.9 Å². The molecule has 1 heterocycles. The molecule has 0 saturated heterocycles. The van der Waals surface area contributed by atoms with Gasteiger partial charge in [0.1, 0.15) is 15.6 Å². The van der Waals surface area contributed by atoms with Crippen LogP contribution in [0.15, 0.2) is 24.4 Å². The van der Waals surface area contributed by atoms with E-state index in [0.29, 0.717) is 13.0 Å². The Morgan fingerprint density at radius 3 is 2.82 bits per heavy atom. The Morgan fingerprint density at radius 1 is 1.36 bits per heavy atom. The number of sulfone groups is 1. The van der Waals surface area contributed by atoms with E-state index in [9.17, 15) is 13.2 Å². The number of benzene rings is 1. The van der Waals surface area contributed by atoms with Gasteiger partial charge in [-0.05, 0) is 30.2 Å². The summed E-state index contributed by atoms with van der Waals surface area (Å²) in [4.78, 5) is 14.8. The summed E-state index contributed by atoms with van der Waals surface area (Å²) in [6.07, 6.45) is 3.70. The summed E-state index contributed by atoms with van der Waals surface area (Å²) < 4.78 is 27.2. The maximum Gasteiger partial charge on any atom is 0.221 e. The van der Waals surface area contributed by atoms with Crippen molar-refractivity contribution in [1.82, 2.24) is 10.3 Å². The van der Waals surface area contributed by atoms with Gasteiger partial charge in [0.05, 0.1) is 12.9 Å². The van der Waals surface area contributed by atoms with Gasteiger partial charge in [0.2, 0.25) is 5.91 Å². The van der Waals surface area contributed by atoms with Crippen molar-refractivity contribution in [3.05, 3.63) is 30.0 Å². The highest BCUT2D eigenvalue weighted by Gasteiger charge is 2.09. The zero-order valence-corrected chi connectivity index (χ0v) is 13.5. The fraction of sp³-hybridized carbons (Fsp3) is 0.400. The molecule has 2 rings (SSSR count). The summed E-state index contributed by atoms with van der Waals surface area (Å²) in [5.74, 6) is 0.414. The maximum absolute atomic E-state index is 11.6. The van der Waals surface area contributed by atoms with Crippen molar-refractivity contribution in [2.45, 2.75) is 12.8 Å². The van der Waals surface area contributed by atoms with Crippen LogP contribution < -0.4 is 10.1 Å². The molecule has 120 valence electrons. The van der Waals surface area contributed by atoms with Gasteiger partial charge >= 0.3 is 0 Å². The van der Waals surface area contributed by atoms with E-state index in [2.05, 4.69) is 10.3 Å². The molecule has 0 radical (unpaired) electrons. The average Bonchev–Trinajstić information content (AvgIpc) is 2.87. The summed E-state index contributed by atoms with van der Waals surface area (Å²) >= 11 is 0. The average molecular weight is 324 g/mol. The minimum atomic E-state index is -3.10.